The number of nitrogens with one attached hydrogen (secondary N) is 1. The summed E-state index contributed by atoms with van der Waals surface area (Å²) in [5.74, 6) is 0.524. The molecular weight excluding hydrogens is 316 g/mol. The Morgan fingerprint density at radius 3 is 2.95 bits per heavy atom. The lowest BCUT2D eigenvalue weighted by Crippen LogP contribution is -2.42. The van der Waals surface area contributed by atoms with Gasteiger partial charge in [-0.25, -0.2) is 0 Å². The van der Waals surface area contributed by atoms with E-state index >= 15 is 0 Å². The Labute approximate surface area is 128 Å². The molecule has 4 heteroatoms. The van der Waals surface area contributed by atoms with Crippen LogP contribution in [0.25, 0.3) is 0 Å². The molecule has 1 aromatic rings. The van der Waals surface area contributed by atoms with Crippen LogP contribution in [0.4, 0.5) is 0 Å². The maximum absolute atomic E-state index is 12.7. The predicted molar refractivity (Wildman–Crippen MR) is 83.4 cm³/mol. The summed E-state index contributed by atoms with van der Waals surface area (Å²) in [7, 11) is 0. The number of nitrogens with zero attached hydrogens (tertiary/aromatic N) is 1. The van der Waals surface area contributed by atoms with E-state index in [1.165, 1.54) is 5.56 Å². The summed E-state index contributed by atoms with van der Waals surface area (Å²) in [5, 5.41) is 3.35. The first-order valence-electron chi connectivity index (χ1n) is 7.52. The van der Waals surface area contributed by atoms with E-state index in [1.54, 1.807) is 0 Å². The molecular formula is C16H21BrN2O. The maximum atomic E-state index is 12.7. The van der Waals surface area contributed by atoms with E-state index in [0.29, 0.717) is 5.91 Å². The van der Waals surface area contributed by atoms with Crippen LogP contribution < -0.4 is 5.32 Å². The van der Waals surface area contributed by atoms with Crippen LogP contribution in [-0.4, -0.2) is 30.4 Å². The van der Waals surface area contributed by atoms with Crippen LogP contribution in [0.3, 0.4) is 0 Å². The number of hydrogen-bond acceptors (Lipinski definition) is 2. The molecule has 1 amide bonds. The summed E-state index contributed by atoms with van der Waals surface area (Å²) in [6, 6.07) is 8.65. The molecule has 2 aliphatic heterocycles. The Hall–Kier alpha value is -0.870. The van der Waals surface area contributed by atoms with Gasteiger partial charge in [-0.1, -0.05) is 28.1 Å². The zero-order chi connectivity index (χ0) is 13.9. The van der Waals surface area contributed by atoms with Crippen LogP contribution in [0.15, 0.2) is 28.7 Å². The van der Waals surface area contributed by atoms with E-state index < -0.39 is 0 Å². The van der Waals surface area contributed by atoms with Gasteiger partial charge in [0.1, 0.15) is 0 Å². The maximum Gasteiger partial charge on any atom is 0.227 e. The Morgan fingerprint density at radius 1 is 1.30 bits per heavy atom. The molecule has 0 radical (unpaired) electrons. The zero-order valence-electron chi connectivity index (χ0n) is 11.6. The summed E-state index contributed by atoms with van der Waals surface area (Å²) in [4.78, 5) is 14.9. The number of benzene rings is 1. The van der Waals surface area contributed by atoms with Crippen molar-refractivity contribution in [1.29, 1.82) is 0 Å². The quantitative estimate of drug-likeness (QED) is 0.899. The van der Waals surface area contributed by atoms with Gasteiger partial charge in [-0.05, 0) is 49.9 Å². The van der Waals surface area contributed by atoms with Crippen LogP contribution in [0.5, 0.6) is 0 Å². The van der Waals surface area contributed by atoms with Gasteiger partial charge in [0.05, 0.1) is 12.0 Å². The Balaban J connectivity index is 1.76. The third kappa shape index (κ3) is 2.91. The highest BCUT2D eigenvalue weighted by Gasteiger charge is 2.34. The van der Waals surface area contributed by atoms with Crippen molar-refractivity contribution >= 4 is 21.8 Å². The third-order valence-corrected chi connectivity index (χ3v) is 4.91. The molecule has 1 unspecified atom stereocenters. The highest BCUT2D eigenvalue weighted by Crippen LogP contribution is 2.34. The van der Waals surface area contributed by atoms with E-state index in [0.717, 1.165) is 49.8 Å². The minimum Gasteiger partial charge on any atom is -0.335 e. The molecule has 1 N–H and O–H groups in total. The molecule has 2 heterocycles. The standard InChI is InChI=1S/C16H21BrN2O/c17-14-6-1-4-12(10-14)15-7-3-9-19(15)16(20)13-5-2-8-18-11-13/h1,4,6,10,13,15,18H,2-3,5,7-9,11H2/t13-,15?/m0/s1. The Morgan fingerprint density at radius 2 is 2.20 bits per heavy atom. The second-order valence-electron chi connectivity index (χ2n) is 5.79. The molecule has 2 fully saturated rings. The fourth-order valence-corrected chi connectivity index (χ4v) is 3.80. The number of amides is 1. The average molecular weight is 337 g/mol. The summed E-state index contributed by atoms with van der Waals surface area (Å²) >= 11 is 3.53. The van der Waals surface area contributed by atoms with Crippen molar-refractivity contribution in [3.63, 3.8) is 0 Å². The van der Waals surface area contributed by atoms with Gasteiger partial charge in [-0.15, -0.1) is 0 Å². The highest BCUT2D eigenvalue weighted by molar-refractivity contribution is 9.10. The van der Waals surface area contributed by atoms with Gasteiger partial charge < -0.3 is 10.2 Å². The molecule has 20 heavy (non-hydrogen) atoms. The smallest absolute Gasteiger partial charge is 0.227 e. The number of carbonyl (C=O) groups excluding carboxylic acids is 1. The molecule has 0 saturated carbocycles. The second kappa shape index (κ2) is 6.27. The van der Waals surface area contributed by atoms with Crippen molar-refractivity contribution in [2.75, 3.05) is 19.6 Å². The fourth-order valence-electron chi connectivity index (χ4n) is 3.39. The third-order valence-electron chi connectivity index (χ3n) is 4.42. The van der Waals surface area contributed by atoms with Crippen molar-refractivity contribution in [2.45, 2.75) is 31.7 Å². The van der Waals surface area contributed by atoms with Gasteiger partial charge in [-0.2, -0.15) is 0 Å². The number of likely N-dealkylation sites (tertiary alicyclic amines) is 1. The minimum absolute atomic E-state index is 0.177. The molecule has 0 spiro atoms. The summed E-state index contributed by atoms with van der Waals surface area (Å²) in [6.07, 6.45) is 4.35. The predicted octanol–water partition coefficient (Wildman–Crippen LogP) is 3.11. The lowest BCUT2D eigenvalue weighted by atomic mass is 9.96. The summed E-state index contributed by atoms with van der Waals surface area (Å²) in [5.41, 5.74) is 1.26. The van der Waals surface area contributed by atoms with Crippen molar-refractivity contribution in [3.8, 4) is 0 Å². The fraction of sp³-hybridized carbons (Fsp3) is 0.562. The van der Waals surface area contributed by atoms with E-state index in [1.807, 2.05) is 6.07 Å². The molecule has 0 bridgehead atoms. The molecule has 3 nitrogen and oxygen atoms in total. The van der Waals surface area contributed by atoms with Crippen molar-refractivity contribution < 1.29 is 4.79 Å². The van der Waals surface area contributed by atoms with Gasteiger partial charge in [0.2, 0.25) is 5.91 Å². The molecule has 2 saturated heterocycles. The Bertz CT molecular complexity index is 485. The zero-order valence-corrected chi connectivity index (χ0v) is 13.2. The molecule has 2 atom stereocenters. The van der Waals surface area contributed by atoms with Gasteiger partial charge in [-0.3, -0.25) is 4.79 Å². The van der Waals surface area contributed by atoms with Gasteiger partial charge in [0.25, 0.3) is 0 Å². The van der Waals surface area contributed by atoms with Crippen LogP contribution >= 0.6 is 15.9 Å². The number of halogens is 1. The van der Waals surface area contributed by atoms with E-state index in [4.69, 9.17) is 0 Å². The van der Waals surface area contributed by atoms with Crippen molar-refractivity contribution in [3.05, 3.63) is 34.3 Å². The van der Waals surface area contributed by atoms with Crippen LogP contribution in [0, 0.1) is 5.92 Å². The molecule has 0 aliphatic carbocycles. The topological polar surface area (TPSA) is 32.3 Å². The molecule has 2 aliphatic rings. The number of piperidine rings is 1. The van der Waals surface area contributed by atoms with Gasteiger partial charge >= 0.3 is 0 Å². The van der Waals surface area contributed by atoms with Crippen molar-refractivity contribution in [1.82, 2.24) is 10.2 Å². The van der Waals surface area contributed by atoms with Crippen molar-refractivity contribution in [2.24, 2.45) is 5.92 Å². The first kappa shape index (κ1) is 14.1. The molecule has 0 aromatic heterocycles. The first-order valence-corrected chi connectivity index (χ1v) is 8.31. The SMILES string of the molecule is O=C([C@H]1CCCNC1)N1CCCC1c1cccc(Br)c1. The van der Waals surface area contributed by atoms with Crippen LogP contribution in [-0.2, 0) is 4.79 Å². The number of rotatable bonds is 2. The lowest BCUT2D eigenvalue weighted by Gasteiger charge is -2.31. The first-order chi connectivity index (χ1) is 9.75. The minimum atomic E-state index is 0.177. The second-order valence-corrected chi connectivity index (χ2v) is 6.70. The Kier molecular flexibility index (Phi) is 4.41. The molecule has 1 aromatic carbocycles. The average Bonchev–Trinajstić information content (AvgIpc) is 2.97. The van der Waals surface area contributed by atoms with Gasteiger partial charge in [0.15, 0.2) is 0 Å². The van der Waals surface area contributed by atoms with Gasteiger partial charge in [0, 0.05) is 17.6 Å². The highest BCUT2D eigenvalue weighted by atomic mass is 79.9. The van der Waals surface area contributed by atoms with E-state index in [2.05, 4.69) is 44.3 Å². The monoisotopic (exact) mass is 336 g/mol. The lowest BCUT2D eigenvalue weighted by molar-refractivity contribution is -0.137. The van der Waals surface area contributed by atoms with E-state index in [-0.39, 0.29) is 12.0 Å². The van der Waals surface area contributed by atoms with E-state index in [9.17, 15) is 4.79 Å². The normalized spacial score (nSPS) is 26.8. The molecule has 108 valence electrons. The summed E-state index contributed by atoms with van der Waals surface area (Å²) in [6.45, 7) is 2.81. The number of hydrogen-bond donors (Lipinski definition) is 1. The largest absolute Gasteiger partial charge is 0.335 e. The number of carbonyl (C=O) groups is 1. The molecule has 3 rings (SSSR count). The van der Waals surface area contributed by atoms with Crippen LogP contribution in [0.2, 0.25) is 0 Å². The van der Waals surface area contributed by atoms with Crippen LogP contribution in [0.1, 0.15) is 37.3 Å². The summed E-state index contributed by atoms with van der Waals surface area (Å²) < 4.78 is 1.09.